The van der Waals surface area contributed by atoms with Gasteiger partial charge in [-0.3, -0.25) is 9.69 Å². The number of hydrogen-bond acceptors (Lipinski definition) is 4. The summed E-state index contributed by atoms with van der Waals surface area (Å²) in [5.41, 5.74) is 1.57. The van der Waals surface area contributed by atoms with Crippen molar-refractivity contribution in [1.82, 2.24) is 10.2 Å². The smallest absolute Gasteiger partial charge is 0.230 e. The molecule has 1 aliphatic carbocycles. The predicted molar refractivity (Wildman–Crippen MR) is 136 cm³/mol. The van der Waals surface area contributed by atoms with Gasteiger partial charge in [0.1, 0.15) is 11.6 Å². The summed E-state index contributed by atoms with van der Waals surface area (Å²) >= 11 is 6.11. The van der Waals surface area contributed by atoms with Crippen molar-refractivity contribution in [2.24, 2.45) is 0 Å². The Labute approximate surface area is 210 Å². The van der Waals surface area contributed by atoms with Crippen LogP contribution in [-0.4, -0.2) is 43.5 Å². The lowest BCUT2D eigenvalue weighted by Crippen LogP contribution is -2.51. The minimum absolute atomic E-state index is 0.0482. The van der Waals surface area contributed by atoms with Crippen LogP contribution in [0, 0.1) is 5.82 Å². The quantitative estimate of drug-likeness (QED) is 0.466. The zero-order valence-electron chi connectivity index (χ0n) is 19.8. The van der Waals surface area contributed by atoms with Crippen LogP contribution in [0.2, 0.25) is 5.02 Å². The maximum atomic E-state index is 13.6. The first-order valence-corrected chi connectivity index (χ1v) is 12.8. The number of hydrogen-bond donors (Lipinski definition) is 1. The van der Waals surface area contributed by atoms with Gasteiger partial charge >= 0.3 is 0 Å². The summed E-state index contributed by atoms with van der Waals surface area (Å²) in [6.45, 7) is 3.77. The highest BCUT2D eigenvalue weighted by molar-refractivity contribution is 6.30. The molecule has 2 aromatic carbocycles. The van der Waals surface area contributed by atoms with E-state index in [0.29, 0.717) is 11.6 Å². The molecule has 2 fully saturated rings. The molecule has 1 atom stereocenters. The number of halogens is 2. The van der Waals surface area contributed by atoms with E-state index in [0.717, 1.165) is 68.9 Å². The van der Waals surface area contributed by atoms with Crippen molar-refractivity contribution in [3.05, 3.63) is 89.1 Å². The van der Waals surface area contributed by atoms with Gasteiger partial charge in [-0.2, -0.15) is 0 Å². The molecular weight excluding hydrogens is 465 g/mol. The third kappa shape index (κ3) is 5.09. The molecule has 35 heavy (non-hydrogen) atoms. The zero-order chi connectivity index (χ0) is 24.3. The topological polar surface area (TPSA) is 48.7 Å². The Morgan fingerprint density at radius 2 is 1.69 bits per heavy atom. The molecule has 2 heterocycles. The lowest BCUT2D eigenvalue weighted by Gasteiger charge is -2.40. The van der Waals surface area contributed by atoms with Crippen LogP contribution in [-0.2, 0) is 10.2 Å². The molecule has 3 aromatic rings. The number of rotatable bonds is 7. The lowest BCUT2D eigenvalue weighted by molar-refractivity contribution is -0.127. The van der Waals surface area contributed by atoms with Gasteiger partial charge in [-0.05, 0) is 66.9 Å². The molecule has 184 valence electrons. The molecule has 1 amide bonds. The molecule has 1 N–H and O–H groups in total. The second-order valence-electron chi connectivity index (χ2n) is 9.54. The summed E-state index contributed by atoms with van der Waals surface area (Å²) in [7, 11) is 0. The number of amides is 1. The van der Waals surface area contributed by atoms with Gasteiger partial charge in [0, 0.05) is 43.4 Å². The third-order valence-corrected chi connectivity index (χ3v) is 7.81. The fraction of sp³-hybridized carbons (Fsp3) is 0.393. The van der Waals surface area contributed by atoms with Crippen molar-refractivity contribution in [3.8, 4) is 0 Å². The van der Waals surface area contributed by atoms with Gasteiger partial charge < -0.3 is 14.6 Å². The van der Waals surface area contributed by atoms with Gasteiger partial charge in [-0.15, -0.1) is 0 Å². The number of carbonyl (C=O) groups is 1. The number of nitrogens with zero attached hydrogens (tertiary/aromatic N) is 2. The largest absolute Gasteiger partial charge is 0.468 e. The van der Waals surface area contributed by atoms with E-state index < -0.39 is 5.41 Å². The summed E-state index contributed by atoms with van der Waals surface area (Å²) in [5.74, 6) is 0.714. The standard InChI is InChI=1S/C28H31ClFN3O2/c29-22-7-5-21(6-8-22)28(13-1-2-14-28)27(34)31-20-25(26-4-3-19-35-26)33-17-15-32(16-18-33)24-11-9-23(30)10-12-24/h3-12,19,25H,1-2,13-18,20H2,(H,31,34). The molecule has 5 rings (SSSR count). The maximum Gasteiger partial charge on any atom is 0.230 e. The SMILES string of the molecule is O=C(NCC(c1ccco1)N1CCN(c2ccc(F)cc2)CC1)C1(c2ccc(Cl)cc2)CCCC1. The predicted octanol–water partition coefficient (Wildman–Crippen LogP) is 5.56. The van der Waals surface area contributed by atoms with Crippen molar-refractivity contribution < 1.29 is 13.6 Å². The van der Waals surface area contributed by atoms with Crippen LogP contribution in [0.25, 0.3) is 0 Å². The van der Waals surface area contributed by atoms with E-state index in [9.17, 15) is 9.18 Å². The number of carbonyl (C=O) groups excluding carboxylic acids is 1. The van der Waals surface area contributed by atoms with E-state index in [1.807, 2.05) is 48.5 Å². The Hall–Kier alpha value is -2.83. The molecule has 0 radical (unpaired) electrons. The van der Waals surface area contributed by atoms with Gasteiger partial charge in [0.05, 0.1) is 17.7 Å². The molecule has 1 aliphatic heterocycles. The average molecular weight is 496 g/mol. The first kappa shape index (κ1) is 23.9. The van der Waals surface area contributed by atoms with E-state index in [1.165, 1.54) is 12.1 Å². The summed E-state index contributed by atoms with van der Waals surface area (Å²) in [5, 5.41) is 3.97. The molecule has 0 spiro atoms. The van der Waals surface area contributed by atoms with E-state index in [2.05, 4.69) is 15.1 Å². The van der Waals surface area contributed by atoms with Crippen LogP contribution in [0.5, 0.6) is 0 Å². The van der Waals surface area contributed by atoms with E-state index in [4.69, 9.17) is 16.0 Å². The number of nitrogens with one attached hydrogen (secondary N) is 1. The molecular formula is C28H31ClFN3O2. The number of benzene rings is 2. The van der Waals surface area contributed by atoms with E-state index >= 15 is 0 Å². The maximum absolute atomic E-state index is 13.6. The molecule has 5 nitrogen and oxygen atoms in total. The monoisotopic (exact) mass is 495 g/mol. The number of piperazine rings is 1. The summed E-state index contributed by atoms with van der Waals surface area (Å²) in [6.07, 6.45) is 5.47. The van der Waals surface area contributed by atoms with Crippen molar-refractivity contribution in [1.29, 1.82) is 0 Å². The summed E-state index contributed by atoms with van der Waals surface area (Å²) < 4.78 is 19.1. The Morgan fingerprint density at radius 1 is 1.00 bits per heavy atom. The van der Waals surface area contributed by atoms with E-state index in [1.54, 1.807) is 6.26 Å². The van der Waals surface area contributed by atoms with Crippen molar-refractivity contribution in [3.63, 3.8) is 0 Å². The van der Waals surface area contributed by atoms with Gasteiger partial charge in [0.25, 0.3) is 0 Å². The van der Waals surface area contributed by atoms with Gasteiger partial charge in [0.15, 0.2) is 0 Å². The van der Waals surface area contributed by atoms with Crippen molar-refractivity contribution >= 4 is 23.2 Å². The van der Waals surface area contributed by atoms with Gasteiger partial charge in [-0.25, -0.2) is 4.39 Å². The van der Waals surface area contributed by atoms with Crippen LogP contribution in [0.15, 0.2) is 71.3 Å². The first-order chi connectivity index (χ1) is 17.0. The van der Waals surface area contributed by atoms with Crippen molar-refractivity contribution in [2.45, 2.75) is 37.1 Å². The van der Waals surface area contributed by atoms with Crippen LogP contribution in [0.3, 0.4) is 0 Å². The molecule has 0 bridgehead atoms. The zero-order valence-corrected chi connectivity index (χ0v) is 20.5. The number of furan rings is 1. The van der Waals surface area contributed by atoms with Gasteiger partial charge in [0.2, 0.25) is 5.91 Å². The first-order valence-electron chi connectivity index (χ1n) is 12.4. The summed E-state index contributed by atoms with van der Waals surface area (Å²) in [4.78, 5) is 18.3. The van der Waals surface area contributed by atoms with Crippen LogP contribution in [0.4, 0.5) is 10.1 Å². The fourth-order valence-corrected chi connectivity index (χ4v) is 5.71. The molecule has 1 saturated carbocycles. The Kier molecular flexibility index (Phi) is 7.12. The van der Waals surface area contributed by atoms with Crippen LogP contribution < -0.4 is 10.2 Å². The fourth-order valence-electron chi connectivity index (χ4n) is 5.59. The Morgan fingerprint density at radius 3 is 2.31 bits per heavy atom. The molecule has 1 saturated heterocycles. The van der Waals surface area contributed by atoms with Crippen LogP contribution in [0.1, 0.15) is 43.0 Å². The molecule has 2 aliphatic rings. The van der Waals surface area contributed by atoms with Crippen molar-refractivity contribution in [2.75, 3.05) is 37.6 Å². The van der Waals surface area contributed by atoms with E-state index in [-0.39, 0.29) is 17.8 Å². The normalized spacial score (nSPS) is 19.0. The second kappa shape index (κ2) is 10.4. The number of anilines is 1. The molecule has 1 aromatic heterocycles. The molecule has 7 heteroatoms. The van der Waals surface area contributed by atoms with Gasteiger partial charge in [-0.1, -0.05) is 36.6 Å². The Bertz CT molecular complexity index is 1100. The minimum Gasteiger partial charge on any atom is -0.468 e. The highest BCUT2D eigenvalue weighted by Crippen LogP contribution is 2.42. The average Bonchev–Trinajstić information content (AvgIpc) is 3.59. The lowest BCUT2D eigenvalue weighted by atomic mass is 9.78. The summed E-state index contributed by atoms with van der Waals surface area (Å²) in [6, 6.07) is 18.2. The molecule has 1 unspecified atom stereocenters. The third-order valence-electron chi connectivity index (χ3n) is 7.56. The highest BCUT2D eigenvalue weighted by Gasteiger charge is 2.43. The minimum atomic E-state index is -0.500. The Balaban J connectivity index is 1.28. The second-order valence-corrected chi connectivity index (χ2v) is 9.97. The highest BCUT2D eigenvalue weighted by atomic mass is 35.5. The van der Waals surface area contributed by atoms with Crippen LogP contribution >= 0.6 is 11.6 Å².